The molecule has 19 heavy (non-hydrogen) atoms. The number of carbonyl (C=O) groups is 1. The maximum Gasteiger partial charge on any atom is 0.228 e. The van der Waals surface area contributed by atoms with Crippen molar-refractivity contribution in [3.8, 4) is 0 Å². The Bertz CT molecular complexity index is 404. The van der Waals surface area contributed by atoms with Crippen molar-refractivity contribution in [3.05, 3.63) is 30.3 Å². The van der Waals surface area contributed by atoms with Crippen LogP contribution in [0.4, 0.5) is 5.69 Å². The number of aliphatic hydroxyl groups excluding tert-OH is 1. The van der Waals surface area contributed by atoms with Gasteiger partial charge in [0, 0.05) is 38.3 Å². The van der Waals surface area contributed by atoms with Crippen molar-refractivity contribution in [1.29, 1.82) is 0 Å². The van der Waals surface area contributed by atoms with Crippen LogP contribution in [0.2, 0.25) is 0 Å². The van der Waals surface area contributed by atoms with Gasteiger partial charge in [0.1, 0.15) is 0 Å². The topological polar surface area (TPSA) is 43.8 Å². The number of nitrogens with zero attached hydrogens (tertiary/aromatic N) is 2. The average molecular weight is 262 g/mol. The lowest BCUT2D eigenvalue weighted by Gasteiger charge is -2.23. The fraction of sp³-hybridized carbons (Fsp3) is 0.533. The van der Waals surface area contributed by atoms with E-state index in [0.29, 0.717) is 19.0 Å². The summed E-state index contributed by atoms with van der Waals surface area (Å²) in [6, 6.07) is 10.3. The minimum absolute atomic E-state index is 0.120. The fourth-order valence-corrected chi connectivity index (χ4v) is 2.25. The van der Waals surface area contributed by atoms with Gasteiger partial charge in [0.05, 0.1) is 6.61 Å². The van der Waals surface area contributed by atoms with Crippen molar-refractivity contribution in [2.24, 2.45) is 0 Å². The molecule has 0 saturated heterocycles. The number of benzene rings is 1. The first-order chi connectivity index (χ1) is 9.22. The van der Waals surface area contributed by atoms with Crippen molar-refractivity contribution >= 4 is 11.6 Å². The molecule has 0 aromatic heterocycles. The maximum absolute atomic E-state index is 12.1. The van der Waals surface area contributed by atoms with Gasteiger partial charge in [-0.25, -0.2) is 0 Å². The number of rotatable bonds is 7. The molecule has 1 amide bonds. The van der Waals surface area contributed by atoms with Crippen LogP contribution in [0, 0.1) is 0 Å². The Labute approximate surface area is 114 Å². The van der Waals surface area contributed by atoms with Gasteiger partial charge in [0.25, 0.3) is 0 Å². The summed E-state index contributed by atoms with van der Waals surface area (Å²) in [4.78, 5) is 16.0. The highest BCUT2D eigenvalue weighted by molar-refractivity contribution is 5.92. The minimum atomic E-state index is 0.120. The van der Waals surface area contributed by atoms with E-state index in [2.05, 4.69) is 4.90 Å². The molecule has 4 nitrogen and oxygen atoms in total. The van der Waals surface area contributed by atoms with E-state index in [1.165, 1.54) is 12.8 Å². The summed E-state index contributed by atoms with van der Waals surface area (Å²) < 4.78 is 0. The Morgan fingerprint density at radius 2 is 1.95 bits per heavy atom. The highest BCUT2D eigenvalue weighted by Crippen LogP contribution is 2.26. The summed E-state index contributed by atoms with van der Waals surface area (Å²) in [5, 5.41) is 9.03. The minimum Gasteiger partial charge on any atom is -0.395 e. The third kappa shape index (κ3) is 4.04. The van der Waals surface area contributed by atoms with Gasteiger partial charge in [-0.15, -0.1) is 0 Å². The summed E-state index contributed by atoms with van der Waals surface area (Å²) in [6.07, 6.45) is 2.90. The predicted molar refractivity (Wildman–Crippen MR) is 76.1 cm³/mol. The molecular weight excluding hydrogens is 240 g/mol. The third-order valence-electron chi connectivity index (χ3n) is 3.58. The van der Waals surface area contributed by atoms with E-state index in [9.17, 15) is 4.79 Å². The average Bonchev–Trinajstić information content (AvgIpc) is 3.27. The lowest BCUT2D eigenvalue weighted by Crippen LogP contribution is -2.34. The standard InChI is InChI=1S/C15H22N2O2/c1-16(13-5-3-2-4-6-13)15(19)9-10-17(11-12-18)14-7-8-14/h2-6,14,18H,7-12H2,1H3. The first-order valence-electron chi connectivity index (χ1n) is 6.89. The first-order valence-corrected chi connectivity index (χ1v) is 6.89. The molecule has 1 aliphatic carbocycles. The van der Waals surface area contributed by atoms with Crippen LogP contribution in [-0.4, -0.2) is 48.7 Å². The highest BCUT2D eigenvalue weighted by atomic mass is 16.3. The number of anilines is 1. The van der Waals surface area contributed by atoms with Crippen molar-refractivity contribution in [1.82, 2.24) is 4.90 Å². The smallest absolute Gasteiger partial charge is 0.228 e. The molecule has 104 valence electrons. The monoisotopic (exact) mass is 262 g/mol. The van der Waals surface area contributed by atoms with Crippen LogP contribution in [0.25, 0.3) is 0 Å². The van der Waals surface area contributed by atoms with Crippen LogP contribution in [-0.2, 0) is 4.79 Å². The number of hydrogen-bond acceptors (Lipinski definition) is 3. The molecule has 0 aliphatic heterocycles. The molecule has 1 fully saturated rings. The number of para-hydroxylation sites is 1. The van der Waals surface area contributed by atoms with Gasteiger partial charge in [-0.3, -0.25) is 9.69 Å². The normalized spacial score (nSPS) is 14.7. The summed E-state index contributed by atoms with van der Waals surface area (Å²) in [6.45, 7) is 1.58. The van der Waals surface area contributed by atoms with E-state index in [1.807, 2.05) is 37.4 Å². The Balaban J connectivity index is 1.83. The Morgan fingerprint density at radius 3 is 2.53 bits per heavy atom. The number of carbonyl (C=O) groups excluding carboxylic acids is 1. The van der Waals surface area contributed by atoms with Gasteiger partial charge >= 0.3 is 0 Å². The Kier molecular flexibility index (Phi) is 4.93. The predicted octanol–water partition coefficient (Wildman–Crippen LogP) is 1.50. The van der Waals surface area contributed by atoms with Crippen molar-refractivity contribution in [2.75, 3.05) is 31.6 Å². The van der Waals surface area contributed by atoms with Crippen molar-refractivity contribution < 1.29 is 9.90 Å². The molecule has 4 heteroatoms. The largest absolute Gasteiger partial charge is 0.395 e. The van der Waals surface area contributed by atoms with E-state index < -0.39 is 0 Å². The molecule has 2 rings (SSSR count). The van der Waals surface area contributed by atoms with E-state index in [1.54, 1.807) is 4.90 Å². The third-order valence-corrected chi connectivity index (χ3v) is 3.58. The molecule has 0 bridgehead atoms. The summed E-state index contributed by atoms with van der Waals surface area (Å²) in [7, 11) is 1.81. The number of aliphatic hydroxyl groups is 1. The number of amides is 1. The maximum atomic E-state index is 12.1. The van der Waals surface area contributed by atoms with Crippen molar-refractivity contribution in [2.45, 2.75) is 25.3 Å². The van der Waals surface area contributed by atoms with Crippen LogP contribution in [0.15, 0.2) is 30.3 Å². The van der Waals surface area contributed by atoms with Gasteiger partial charge in [0.2, 0.25) is 5.91 Å². The van der Waals surface area contributed by atoms with Crippen molar-refractivity contribution in [3.63, 3.8) is 0 Å². The van der Waals surface area contributed by atoms with Crippen LogP contribution in [0.3, 0.4) is 0 Å². The van der Waals surface area contributed by atoms with Gasteiger partial charge in [-0.2, -0.15) is 0 Å². The first kappa shape index (κ1) is 14.0. The zero-order chi connectivity index (χ0) is 13.7. The Morgan fingerprint density at radius 1 is 1.26 bits per heavy atom. The second-order valence-electron chi connectivity index (χ2n) is 5.03. The van der Waals surface area contributed by atoms with Crippen LogP contribution in [0.5, 0.6) is 0 Å². The Hall–Kier alpha value is -1.39. The molecule has 0 atom stereocenters. The SMILES string of the molecule is CN(C(=O)CCN(CCO)C1CC1)c1ccccc1. The quantitative estimate of drug-likeness (QED) is 0.810. The molecule has 0 unspecified atom stereocenters. The molecule has 0 spiro atoms. The van der Waals surface area contributed by atoms with Gasteiger partial charge < -0.3 is 10.0 Å². The molecule has 0 heterocycles. The molecular formula is C15H22N2O2. The molecule has 1 aromatic carbocycles. The van der Waals surface area contributed by atoms with E-state index in [-0.39, 0.29) is 12.5 Å². The molecule has 1 aliphatic rings. The molecule has 1 saturated carbocycles. The second-order valence-corrected chi connectivity index (χ2v) is 5.03. The lowest BCUT2D eigenvalue weighted by atomic mass is 10.2. The number of hydrogen-bond donors (Lipinski definition) is 1. The molecule has 1 aromatic rings. The summed E-state index contributed by atoms with van der Waals surface area (Å²) in [5.41, 5.74) is 0.924. The van der Waals surface area contributed by atoms with Crippen LogP contribution in [0.1, 0.15) is 19.3 Å². The van der Waals surface area contributed by atoms with Gasteiger partial charge in [-0.1, -0.05) is 18.2 Å². The zero-order valence-corrected chi connectivity index (χ0v) is 11.5. The van der Waals surface area contributed by atoms with E-state index in [4.69, 9.17) is 5.11 Å². The molecule has 1 N–H and O–H groups in total. The van der Waals surface area contributed by atoms with Crippen LogP contribution >= 0.6 is 0 Å². The summed E-state index contributed by atoms with van der Waals surface area (Å²) >= 11 is 0. The van der Waals surface area contributed by atoms with E-state index >= 15 is 0 Å². The molecule has 0 radical (unpaired) electrons. The van der Waals surface area contributed by atoms with Crippen LogP contribution < -0.4 is 4.90 Å². The fourth-order valence-electron chi connectivity index (χ4n) is 2.25. The van der Waals surface area contributed by atoms with Gasteiger partial charge in [0.15, 0.2) is 0 Å². The second kappa shape index (κ2) is 6.68. The summed E-state index contributed by atoms with van der Waals surface area (Å²) in [5.74, 6) is 0.120. The lowest BCUT2D eigenvalue weighted by molar-refractivity contribution is -0.118. The van der Waals surface area contributed by atoms with Gasteiger partial charge in [-0.05, 0) is 25.0 Å². The highest BCUT2D eigenvalue weighted by Gasteiger charge is 2.28. The van der Waals surface area contributed by atoms with E-state index in [0.717, 1.165) is 12.2 Å². The zero-order valence-electron chi connectivity index (χ0n) is 11.5.